The highest BCUT2D eigenvalue weighted by Gasteiger charge is 2.32. The second kappa shape index (κ2) is 13.8. The lowest BCUT2D eigenvalue weighted by Crippen LogP contribution is -2.50. The maximum Gasteiger partial charge on any atom is 0.303 e. The van der Waals surface area contributed by atoms with E-state index in [2.05, 4.69) is 9.71 Å². The molecule has 1 amide bonds. The van der Waals surface area contributed by atoms with E-state index in [-0.39, 0.29) is 42.1 Å². The average molecular weight is 572 g/mol. The summed E-state index contributed by atoms with van der Waals surface area (Å²) in [6, 6.07) is 15.7. The highest BCUT2D eigenvalue weighted by Crippen LogP contribution is 2.32. The Labute approximate surface area is 236 Å². The average Bonchev–Trinajstić information content (AvgIpc) is 2.94. The van der Waals surface area contributed by atoms with Crippen molar-refractivity contribution in [1.29, 1.82) is 0 Å². The second-order valence-corrected chi connectivity index (χ2v) is 12.6. The molecule has 1 fully saturated rings. The summed E-state index contributed by atoms with van der Waals surface area (Å²) < 4.78 is 29.8. The number of hydrogen-bond acceptors (Lipinski definition) is 5. The highest BCUT2D eigenvalue weighted by atomic mass is 32.2. The lowest BCUT2D eigenvalue weighted by atomic mass is 9.78. The number of carbonyl (C=O) groups is 2. The molecule has 0 aromatic heterocycles. The fourth-order valence-corrected chi connectivity index (χ4v) is 6.32. The van der Waals surface area contributed by atoms with Crippen LogP contribution in [0.25, 0.3) is 0 Å². The molecule has 6 N–H and O–H groups in total. The Hall–Kier alpha value is -3.44. The first-order valence-electron chi connectivity index (χ1n) is 13.6. The van der Waals surface area contributed by atoms with Gasteiger partial charge in [0.1, 0.15) is 6.04 Å². The molecule has 0 aliphatic carbocycles. The van der Waals surface area contributed by atoms with Gasteiger partial charge in [0.05, 0.1) is 4.90 Å². The van der Waals surface area contributed by atoms with Crippen LogP contribution in [0, 0.1) is 5.92 Å². The number of carboxylic acids is 1. The Balaban J connectivity index is 1.78. The SMILES string of the molecule is CC(C)(c1ccccc1)c1cccc(S(=O)(=O)N[C@@H](CCCN=C(N)N)C(=O)N2CCC(CCC(=O)O)CC2)c1. The Bertz CT molecular complexity index is 1280. The maximum atomic E-state index is 13.6. The molecule has 10 nitrogen and oxygen atoms in total. The van der Waals surface area contributed by atoms with E-state index in [0.717, 1.165) is 11.1 Å². The number of sulfonamides is 1. The maximum absolute atomic E-state index is 13.6. The minimum atomic E-state index is -4.04. The molecule has 0 radical (unpaired) electrons. The lowest BCUT2D eigenvalue weighted by molar-refractivity contribution is -0.138. The van der Waals surface area contributed by atoms with Gasteiger partial charge in [0.15, 0.2) is 5.96 Å². The number of carbonyl (C=O) groups excluding carboxylic acids is 1. The molecule has 0 bridgehead atoms. The third-order valence-electron chi connectivity index (χ3n) is 7.59. The lowest BCUT2D eigenvalue weighted by Gasteiger charge is -2.34. The number of nitrogens with one attached hydrogen (secondary N) is 1. The van der Waals surface area contributed by atoms with Crippen molar-refractivity contribution in [2.75, 3.05) is 19.6 Å². The van der Waals surface area contributed by atoms with E-state index in [1.54, 1.807) is 17.0 Å². The summed E-state index contributed by atoms with van der Waals surface area (Å²) in [6.07, 6.45) is 2.68. The molecule has 1 heterocycles. The van der Waals surface area contributed by atoms with Crippen molar-refractivity contribution in [2.45, 2.75) is 68.7 Å². The molecular formula is C29H41N5O5S. The summed E-state index contributed by atoms with van der Waals surface area (Å²) in [5.74, 6) is -0.965. The van der Waals surface area contributed by atoms with Crippen molar-refractivity contribution in [3.63, 3.8) is 0 Å². The number of guanidine groups is 1. The number of piperidine rings is 1. The molecule has 1 atom stereocenters. The van der Waals surface area contributed by atoms with Crippen LogP contribution in [0.4, 0.5) is 0 Å². The van der Waals surface area contributed by atoms with Crippen LogP contribution in [-0.4, -0.2) is 61.9 Å². The third-order valence-corrected chi connectivity index (χ3v) is 9.06. The molecule has 0 saturated carbocycles. The van der Waals surface area contributed by atoms with E-state index in [1.807, 2.05) is 50.2 Å². The van der Waals surface area contributed by atoms with E-state index in [4.69, 9.17) is 16.6 Å². The van der Waals surface area contributed by atoms with Crippen molar-refractivity contribution in [2.24, 2.45) is 22.4 Å². The van der Waals surface area contributed by atoms with Crippen LogP contribution in [0.15, 0.2) is 64.5 Å². The van der Waals surface area contributed by atoms with Gasteiger partial charge in [-0.2, -0.15) is 4.72 Å². The van der Waals surface area contributed by atoms with Gasteiger partial charge in [-0.3, -0.25) is 14.6 Å². The van der Waals surface area contributed by atoms with Gasteiger partial charge in [-0.25, -0.2) is 8.42 Å². The number of nitrogens with zero attached hydrogens (tertiary/aromatic N) is 2. The number of likely N-dealkylation sites (tertiary alicyclic amines) is 1. The van der Waals surface area contributed by atoms with Crippen LogP contribution in [0.2, 0.25) is 0 Å². The van der Waals surface area contributed by atoms with E-state index < -0.39 is 27.4 Å². The molecule has 40 heavy (non-hydrogen) atoms. The standard InChI is InChI=1S/C29H41N5O5S/c1-29(2,22-8-4-3-5-9-22)23-10-6-11-24(20-23)40(38,39)33-25(12-7-17-32-28(30)31)27(37)34-18-15-21(16-19-34)13-14-26(35)36/h3-6,8-11,20-21,25,33H,7,12-19H2,1-2H3,(H,35,36)(H4,30,31,32)/t25-/m0/s1. The van der Waals surface area contributed by atoms with Gasteiger partial charge in [-0.15, -0.1) is 0 Å². The number of benzene rings is 2. The Morgan fingerprint density at radius 1 is 1.07 bits per heavy atom. The van der Waals surface area contributed by atoms with Gasteiger partial charge in [0.2, 0.25) is 15.9 Å². The van der Waals surface area contributed by atoms with Gasteiger partial charge in [-0.05, 0) is 61.3 Å². The summed E-state index contributed by atoms with van der Waals surface area (Å²) >= 11 is 0. The summed E-state index contributed by atoms with van der Waals surface area (Å²) in [6.45, 7) is 5.26. The number of nitrogens with two attached hydrogens (primary N) is 2. The van der Waals surface area contributed by atoms with Crippen LogP contribution in [0.5, 0.6) is 0 Å². The monoisotopic (exact) mass is 571 g/mol. The third kappa shape index (κ3) is 8.53. The van der Waals surface area contributed by atoms with Gasteiger partial charge in [0.25, 0.3) is 0 Å². The number of aliphatic carboxylic acids is 1. The first-order chi connectivity index (χ1) is 18.9. The van der Waals surface area contributed by atoms with Crippen molar-refractivity contribution in [3.05, 3.63) is 65.7 Å². The summed E-state index contributed by atoms with van der Waals surface area (Å²) in [5.41, 5.74) is 12.3. The van der Waals surface area contributed by atoms with E-state index in [0.29, 0.717) is 38.8 Å². The minimum absolute atomic E-state index is 0.0651. The minimum Gasteiger partial charge on any atom is -0.481 e. The van der Waals surface area contributed by atoms with Crippen LogP contribution in [0.3, 0.4) is 0 Å². The Morgan fingerprint density at radius 2 is 1.73 bits per heavy atom. The molecule has 1 aliphatic heterocycles. The van der Waals surface area contributed by atoms with Gasteiger partial charge in [0, 0.05) is 31.5 Å². The normalized spacial score (nSPS) is 15.4. The molecular weight excluding hydrogens is 530 g/mol. The summed E-state index contributed by atoms with van der Waals surface area (Å²) in [7, 11) is -4.04. The quantitative estimate of drug-likeness (QED) is 0.163. The summed E-state index contributed by atoms with van der Waals surface area (Å²) in [5, 5.41) is 8.96. The first kappa shape index (κ1) is 31.1. The molecule has 2 aromatic rings. The topological polar surface area (TPSA) is 168 Å². The molecule has 218 valence electrons. The first-order valence-corrected chi connectivity index (χ1v) is 15.1. The van der Waals surface area contributed by atoms with Crippen LogP contribution >= 0.6 is 0 Å². The predicted octanol–water partition coefficient (Wildman–Crippen LogP) is 2.82. The summed E-state index contributed by atoms with van der Waals surface area (Å²) in [4.78, 5) is 30.2. The fraction of sp³-hybridized carbons (Fsp3) is 0.483. The van der Waals surface area contributed by atoms with Crippen molar-refractivity contribution < 1.29 is 23.1 Å². The largest absolute Gasteiger partial charge is 0.481 e. The van der Waals surface area contributed by atoms with Gasteiger partial charge >= 0.3 is 5.97 Å². The Kier molecular flexibility index (Phi) is 10.7. The van der Waals surface area contributed by atoms with E-state index in [9.17, 15) is 18.0 Å². The molecule has 3 rings (SSSR count). The van der Waals surface area contributed by atoms with Crippen LogP contribution in [0.1, 0.15) is 63.5 Å². The number of amides is 1. The van der Waals surface area contributed by atoms with Crippen LogP contribution in [-0.2, 0) is 25.0 Å². The zero-order valence-electron chi connectivity index (χ0n) is 23.3. The van der Waals surface area contributed by atoms with E-state index in [1.165, 1.54) is 6.07 Å². The van der Waals surface area contributed by atoms with Gasteiger partial charge < -0.3 is 21.5 Å². The fourth-order valence-electron chi connectivity index (χ4n) is 5.06. The number of carboxylic acid groups (broad SMARTS) is 1. The predicted molar refractivity (Wildman–Crippen MR) is 155 cm³/mol. The molecule has 0 unspecified atom stereocenters. The van der Waals surface area contributed by atoms with Crippen LogP contribution < -0.4 is 16.2 Å². The van der Waals surface area contributed by atoms with E-state index >= 15 is 0 Å². The number of aliphatic imine (C=N–C) groups is 1. The molecule has 1 saturated heterocycles. The molecule has 1 aliphatic rings. The number of hydrogen-bond donors (Lipinski definition) is 4. The smallest absolute Gasteiger partial charge is 0.303 e. The van der Waals surface area contributed by atoms with Crippen molar-refractivity contribution in [3.8, 4) is 0 Å². The zero-order valence-corrected chi connectivity index (χ0v) is 24.1. The van der Waals surface area contributed by atoms with Gasteiger partial charge in [-0.1, -0.05) is 56.3 Å². The number of rotatable bonds is 13. The van der Waals surface area contributed by atoms with Crippen molar-refractivity contribution >= 4 is 27.9 Å². The Morgan fingerprint density at radius 3 is 2.35 bits per heavy atom. The molecule has 11 heteroatoms. The zero-order chi connectivity index (χ0) is 29.3. The molecule has 2 aromatic carbocycles. The van der Waals surface area contributed by atoms with Crippen molar-refractivity contribution in [1.82, 2.24) is 9.62 Å². The highest BCUT2D eigenvalue weighted by molar-refractivity contribution is 7.89. The molecule has 0 spiro atoms. The second-order valence-electron chi connectivity index (χ2n) is 10.8.